The van der Waals surface area contributed by atoms with Gasteiger partial charge in [-0.15, -0.1) is 21.5 Å². The zero-order chi connectivity index (χ0) is 23.2. The third-order valence-corrected chi connectivity index (χ3v) is 8.38. The first-order valence-corrected chi connectivity index (χ1v) is 12.7. The zero-order valence-corrected chi connectivity index (χ0v) is 19.5. The summed E-state index contributed by atoms with van der Waals surface area (Å²) in [5.74, 6) is 1.73. The van der Waals surface area contributed by atoms with Crippen LogP contribution in [0.5, 0.6) is 5.75 Å². The SMILES string of the molecule is N#Cc1cnc(-c2ccc(-c3ncc(N(C4CC4)[C@@H]4C[C@H]5CCC[C@H](C5)[C@@H]4F)nn3)c(O)c2)s1. The molecule has 3 fully saturated rings. The third-order valence-electron chi connectivity index (χ3n) is 7.43. The summed E-state index contributed by atoms with van der Waals surface area (Å²) in [7, 11) is 0. The van der Waals surface area contributed by atoms with Gasteiger partial charge in [0, 0.05) is 11.6 Å². The van der Waals surface area contributed by atoms with Gasteiger partial charge in [0.25, 0.3) is 0 Å². The Morgan fingerprint density at radius 1 is 1.09 bits per heavy atom. The fraction of sp³-hybridized carbons (Fsp3) is 0.480. The summed E-state index contributed by atoms with van der Waals surface area (Å²) in [5.41, 5.74) is 1.18. The number of halogens is 1. The summed E-state index contributed by atoms with van der Waals surface area (Å²) in [4.78, 5) is 11.4. The average Bonchev–Trinajstić information content (AvgIpc) is 3.57. The lowest BCUT2D eigenvalue weighted by Gasteiger charge is -2.46. The van der Waals surface area contributed by atoms with E-state index in [9.17, 15) is 5.11 Å². The maximum Gasteiger partial charge on any atom is 0.185 e. The van der Waals surface area contributed by atoms with Crippen LogP contribution in [0, 0.1) is 23.2 Å². The van der Waals surface area contributed by atoms with Gasteiger partial charge in [-0.05, 0) is 56.1 Å². The smallest absolute Gasteiger partial charge is 0.185 e. The van der Waals surface area contributed by atoms with Crippen molar-refractivity contribution in [1.82, 2.24) is 20.2 Å². The number of benzene rings is 1. The molecule has 0 radical (unpaired) electrons. The molecule has 3 saturated carbocycles. The van der Waals surface area contributed by atoms with Crippen LogP contribution in [0.2, 0.25) is 0 Å². The Morgan fingerprint density at radius 2 is 1.97 bits per heavy atom. The Balaban J connectivity index is 1.25. The highest BCUT2D eigenvalue weighted by molar-refractivity contribution is 7.15. The van der Waals surface area contributed by atoms with Gasteiger partial charge in [-0.2, -0.15) is 5.26 Å². The summed E-state index contributed by atoms with van der Waals surface area (Å²) in [6, 6.07) is 7.38. The van der Waals surface area contributed by atoms with Crippen molar-refractivity contribution in [3.8, 4) is 33.8 Å². The summed E-state index contributed by atoms with van der Waals surface area (Å²) in [5, 5.41) is 29.0. The molecule has 1 N–H and O–H groups in total. The molecule has 2 aromatic heterocycles. The largest absolute Gasteiger partial charge is 0.507 e. The van der Waals surface area contributed by atoms with Gasteiger partial charge in [0.05, 0.1) is 24.0 Å². The molecule has 34 heavy (non-hydrogen) atoms. The molecule has 0 spiro atoms. The van der Waals surface area contributed by atoms with E-state index in [1.807, 2.05) is 6.07 Å². The number of phenolic OH excluding ortho intramolecular Hbond substituents is 1. The second-order valence-electron chi connectivity index (χ2n) is 9.69. The molecular weight excluding hydrogens is 451 g/mol. The van der Waals surface area contributed by atoms with Crippen LogP contribution in [-0.4, -0.2) is 43.5 Å². The Hall–Kier alpha value is -3.12. The molecular formula is C25H25FN6OS. The van der Waals surface area contributed by atoms with Gasteiger partial charge in [0.2, 0.25) is 0 Å². The monoisotopic (exact) mass is 476 g/mol. The van der Waals surface area contributed by atoms with Crippen molar-refractivity contribution in [1.29, 1.82) is 5.26 Å². The fourth-order valence-corrected chi connectivity index (χ4v) is 6.40. The van der Waals surface area contributed by atoms with E-state index in [-0.39, 0.29) is 17.7 Å². The lowest BCUT2D eigenvalue weighted by Crippen LogP contribution is -2.52. The highest BCUT2D eigenvalue weighted by Crippen LogP contribution is 2.46. The normalized spacial score (nSPS) is 26.1. The van der Waals surface area contributed by atoms with E-state index >= 15 is 4.39 Å². The fourth-order valence-electron chi connectivity index (χ4n) is 5.69. The van der Waals surface area contributed by atoms with E-state index in [2.05, 4.69) is 31.1 Å². The number of fused-ring (bicyclic) bond motifs is 2. The molecule has 9 heteroatoms. The molecule has 1 aromatic carbocycles. The van der Waals surface area contributed by atoms with Crippen molar-refractivity contribution < 1.29 is 9.50 Å². The van der Waals surface area contributed by atoms with E-state index in [4.69, 9.17) is 5.26 Å². The molecule has 3 aliphatic rings. The lowest BCUT2D eigenvalue weighted by atomic mass is 9.69. The molecule has 4 atom stereocenters. The standard InChI is InChI=1S/C25H25FN6OS/c26-23-15-3-1-2-14(8-15)9-20(23)32(17-5-6-17)22-13-28-24(31-30-22)19-7-4-16(10-21(19)33)25-29-12-18(11-27)34-25/h4,7,10,12-15,17,20,23,33H,1-3,5-6,8-9H2/t14-,15+,20+,23-/m0/s1. The minimum Gasteiger partial charge on any atom is -0.507 e. The number of aromatic nitrogens is 4. The Labute approximate surface area is 201 Å². The highest BCUT2D eigenvalue weighted by atomic mass is 32.1. The summed E-state index contributed by atoms with van der Waals surface area (Å²) in [6.45, 7) is 0. The molecule has 3 aliphatic carbocycles. The summed E-state index contributed by atoms with van der Waals surface area (Å²) >= 11 is 1.27. The Kier molecular flexibility index (Phi) is 5.41. The van der Waals surface area contributed by atoms with Gasteiger partial charge in [-0.1, -0.05) is 18.9 Å². The molecule has 2 bridgehead atoms. The first kappa shape index (κ1) is 21.4. The molecule has 0 unspecified atom stereocenters. The lowest BCUT2D eigenvalue weighted by molar-refractivity contribution is 0.0631. The Morgan fingerprint density at radius 3 is 2.68 bits per heavy atom. The minimum absolute atomic E-state index is 0.0173. The van der Waals surface area contributed by atoms with Crippen LogP contribution in [0.1, 0.15) is 49.8 Å². The van der Waals surface area contributed by atoms with Gasteiger partial charge >= 0.3 is 0 Å². The predicted molar refractivity (Wildman–Crippen MR) is 127 cm³/mol. The number of hydrogen-bond donors (Lipinski definition) is 1. The quantitative estimate of drug-likeness (QED) is 0.545. The van der Waals surface area contributed by atoms with E-state index in [1.54, 1.807) is 18.3 Å². The van der Waals surface area contributed by atoms with E-state index in [0.717, 1.165) is 38.5 Å². The van der Waals surface area contributed by atoms with Crippen LogP contribution in [-0.2, 0) is 0 Å². The van der Waals surface area contributed by atoms with Gasteiger partial charge in [0.1, 0.15) is 27.9 Å². The van der Waals surface area contributed by atoms with Crippen molar-refractivity contribution in [3.63, 3.8) is 0 Å². The predicted octanol–water partition coefficient (Wildman–Crippen LogP) is 5.12. The van der Waals surface area contributed by atoms with E-state index < -0.39 is 6.17 Å². The van der Waals surface area contributed by atoms with Crippen molar-refractivity contribution in [2.45, 2.75) is 63.2 Å². The number of alkyl halides is 1. The average molecular weight is 477 g/mol. The molecule has 7 nitrogen and oxygen atoms in total. The molecule has 3 aromatic rings. The van der Waals surface area contributed by atoms with Crippen LogP contribution >= 0.6 is 11.3 Å². The van der Waals surface area contributed by atoms with Crippen LogP contribution < -0.4 is 4.90 Å². The minimum atomic E-state index is -0.831. The number of rotatable bonds is 5. The number of hydrogen-bond acceptors (Lipinski definition) is 8. The second kappa shape index (κ2) is 8.58. The van der Waals surface area contributed by atoms with Gasteiger partial charge in [0.15, 0.2) is 11.6 Å². The first-order valence-electron chi connectivity index (χ1n) is 11.9. The maximum absolute atomic E-state index is 15.5. The molecule has 0 saturated heterocycles. The van der Waals surface area contributed by atoms with E-state index in [1.165, 1.54) is 24.0 Å². The second-order valence-corrected chi connectivity index (χ2v) is 10.7. The van der Waals surface area contributed by atoms with Crippen molar-refractivity contribution in [2.75, 3.05) is 4.90 Å². The number of nitriles is 1. The summed E-state index contributed by atoms with van der Waals surface area (Å²) < 4.78 is 15.5. The van der Waals surface area contributed by atoms with Gasteiger partial charge in [-0.25, -0.2) is 14.4 Å². The molecule has 2 heterocycles. The first-order chi connectivity index (χ1) is 16.6. The van der Waals surface area contributed by atoms with E-state index in [0.29, 0.717) is 44.6 Å². The Bertz CT molecular complexity index is 1240. The van der Waals surface area contributed by atoms with Crippen LogP contribution in [0.25, 0.3) is 22.0 Å². The van der Waals surface area contributed by atoms with Crippen molar-refractivity contribution in [3.05, 3.63) is 35.5 Å². The number of phenols is 1. The molecule has 0 amide bonds. The van der Waals surface area contributed by atoms with Gasteiger partial charge < -0.3 is 10.0 Å². The third kappa shape index (κ3) is 3.90. The van der Waals surface area contributed by atoms with Crippen LogP contribution in [0.3, 0.4) is 0 Å². The molecule has 0 aliphatic heterocycles. The molecule has 6 rings (SSSR count). The van der Waals surface area contributed by atoms with Crippen molar-refractivity contribution in [2.24, 2.45) is 11.8 Å². The number of thiazole rings is 1. The summed E-state index contributed by atoms with van der Waals surface area (Å²) in [6.07, 6.45) is 9.70. The maximum atomic E-state index is 15.5. The highest BCUT2D eigenvalue weighted by Gasteiger charge is 2.46. The number of anilines is 1. The van der Waals surface area contributed by atoms with Gasteiger partial charge in [-0.3, -0.25) is 0 Å². The zero-order valence-electron chi connectivity index (χ0n) is 18.6. The number of nitrogens with zero attached hydrogens (tertiary/aromatic N) is 6. The molecule has 174 valence electrons. The van der Waals surface area contributed by atoms with Crippen LogP contribution in [0.15, 0.2) is 30.6 Å². The van der Waals surface area contributed by atoms with Crippen molar-refractivity contribution >= 4 is 17.2 Å². The van der Waals surface area contributed by atoms with Crippen LogP contribution in [0.4, 0.5) is 10.2 Å². The topological polar surface area (TPSA) is 98.8 Å². The number of aromatic hydroxyl groups is 1.